The summed E-state index contributed by atoms with van der Waals surface area (Å²) in [6.07, 6.45) is 6.04. The second-order valence-electron chi connectivity index (χ2n) is 10.4. The smallest absolute Gasteiger partial charge is 0.333 e. The number of carbonyl (C=O) groups excluding carboxylic acids is 1. The first kappa shape index (κ1) is 25.7. The molecule has 2 aromatic heterocycles. The Hall–Kier alpha value is -2.95. The monoisotopic (exact) mass is 465 g/mol. The molecule has 0 radical (unpaired) electrons. The average Bonchev–Trinajstić information content (AvgIpc) is 3.33. The molecule has 0 saturated heterocycles. The standard InChI is InChI=1S/C29H39NO4/c1-9-11-14-30-18-21(10-2)15-24(30)26-16-22-12-13-23(17-25(22)32-26)33-28(5,6)19-29(7,8)34-27(31)20(3)4/h12-13,15-18H,3,9-11,14,19H2,1-2,4-8H3. The van der Waals surface area contributed by atoms with E-state index in [-0.39, 0.29) is 5.97 Å². The number of fused-ring (bicyclic) bond motifs is 1. The zero-order chi connectivity index (χ0) is 25.1. The minimum absolute atomic E-state index is 0.387. The van der Waals surface area contributed by atoms with Crippen LogP contribution in [-0.2, 0) is 22.5 Å². The molecule has 0 amide bonds. The summed E-state index contributed by atoms with van der Waals surface area (Å²) in [6.45, 7) is 18.4. The lowest BCUT2D eigenvalue weighted by molar-refractivity contribution is -0.155. The lowest BCUT2D eigenvalue weighted by atomic mass is 9.92. The van der Waals surface area contributed by atoms with Gasteiger partial charge in [-0.15, -0.1) is 0 Å². The Morgan fingerprint density at radius 2 is 1.82 bits per heavy atom. The number of ether oxygens (including phenoxy) is 2. The summed E-state index contributed by atoms with van der Waals surface area (Å²) in [5.41, 5.74) is 2.35. The Bertz CT molecular complexity index is 1160. The van der Waals surface area contributed by atoms with Gasteiger partial charge >= 0.3 is 5.97 Å². The van der Waals surface area contributed by atoms with E-state index in [4.69, 9.17) is 13.9 Å². The topological polar surface area (TPSA) is 53.6 Å². The first-order chi connectivity index (χ1) is 15.9. The van der Waals surface area contributed by atoms with Gasteiger partial charge in [0.2, 0.25) is 0 Å². The summed E-state index contributed by atoms with van der Waals surface area (Å²) in [5, 5.41) is 1.04. The third-order valence-electron chi connectivity index (χ3n) is 5.82. The van der Waals surface area contributed by atoms with Crippen LogP contribution in [0.5, 0.6) is 5.75 Å². The van der Waals surface area contributed by atoms with E-state index >= 15 is 0 Å². The number of hydrogen-bond donors (Lipinski definition) is 0. The summed E-state index contributed by atoms with van der Waals surface area (Å²) in [6, 6.07) is 10.3. The first-order valence-electron chi connectivity index (χ1n) is 12.2. The van der Waals surface area contributed by atoms with Gasteiger partial charge in [-0.05, 0) is 77.3 Å². The predicted octanol–water partition coefficient (Wildman–Crippen LogP) is 7.71. The van der Waals surface area contributed by atoms with Gasteiger partial charge < -0.3 is 18.5 Å². The van der Waals surface area contributed by atoms with Gasteiger partial charge in [0, 0.05) is 36.2 Å². The minimum Gasteiger partial charge on any atom is -0.488 e. The van der Waals surface area contributed by atoms with Crippen molar-refractivity contribution in [2.24, 2.45) is 0 Å². The highest BCUT2D eigenvalue weighted by Gasteiger charge is 2.33. The van der Waals surface area contributed by atoms with Gasteiger partial charge in [-0.3, -0.25) is 0 Å². The van der Waals surface area contributed by atoms with Crippen LogP contribution in [0.2, 0.25) is 0 Å². The molecule has 0 atom stereocenters. The van der Waals surface area contributed by atoms with Crippen molar-refractivity contribution in [1.82, 2.24) is 4.57 Å². The molecule has 3 rings (SSSR count). The second kappa shape index (κ2) is 10.1. The fourth-order valence-electron chi connectivity index (χ4n) is 4.44. The van der Waals surface area contributed by atoms with E-state index in [1.165, 1.54) is 5.56 Å². The fourth-order valence-corrected chi connectivity index (χ4v) is 4.44. The number of carbonyl (C=O) groups is 1. The van der Waals surface area contributed by atoms with Gasteiger partial charge in [-0.2, -0.15) is 0 Å². The van der Waals surface area contributed by atoms with Crippen LogP contribution in [0.3, 0.4) is 0 Å². The van der Waals surface area contributed by atoms with E-state index in [1.807, 2.05) is 45.9 Å². The molecule has 0 aliphatic heterocycles. The van der Waals surface area contributed by atoms with Gasteiger partial charge in [0.1, 0.15) is 22.5 Å². The van der Waals surface area contributed by atoms with Gasteiger partial charge in [0.05, 0.1) is 5.69 Å². The molecule has 5 nitrogen and oxygen atoms in total. The SMILES string of the molecule is C=C(C)C(=O)OC(C)(C)CC(C)(C)Oc1ccc2cc(-c3cc(CC)cn3CCCC)oc2c1. The number of hydrogen-bond acceptors (Lipinski definition) is 4. The van der Waals surface area contributed by atoms with Crippen LogP contribution < -0.4 is 4.74 Å². The highest BCUT2D eigenvalue weighted by Crippen LogP contribution is 2.34. The van der Waals surface area contributed by atoms with Crippen molar-refractivity contribution >= 4 is 16.9 Å². The number of nitrogens with zero attached hydrogens (tertiary/aromatic N) is 1. The number of unbranched alkanes of at least 4 members (excludes halogenated alkanes) is 1. The van der Waals surface area contributed by atoms with Crippen molar-refractivity contribution in [1.29, 1.82) is 0 Å². The van der Waals surface area contributed by atoms with Gasteiger partial charge in [0.25, 0.3) is 0 Å². The van der Waals surface area contributed by atoms with Crippen LogP contribution in [0.15, 0.2) is 53.1 Å². The molecule has 1 aromatic carbocycles. The van der Waals surface area contributed by atoms with E-state index in [9.17, 15) is 4.79 Å². The van der Waals surface area contributed by atoms with Crippen molar-refractivity contribution in [3.8, 4) is 17.2 Å². The molecule has 3 aromatic rings. The van der Waals surface area contributed by atoms with Gasteiger partial charge in [-0.1, -0.05) is 26.8 Å². The molecule has 184 valence electrons. The molecule has 0 spiro atoms. The highest BCUT2D eigenvalue weighted by atomic mass is 16.6. The quantitative estimate of drug-likeness (QED) is 0.215. The molecule has 0 saturated carbocycles. The summed E-state index contributed by atoms with van der Waals surface area (Å²) in [5.74, 6) is 1.20. The number of esters is 1. The van der Waals surface area contributed by atoms with Crippen molar-refractivity contribution in [3.05, 3.63) is 54.2 Å². The van der Waals surface area contributed by atoms with Crippen molar-refractivity contribution in [2.75, 3.05) is 0 Å². The summed E-state index contributed by atoms with van der Waals surface area (Å²) < 4.78 is 20.5. The molecule has 34 heavy (non-hydrogen) atoms. The van der Waals surface area contributed by atoms with Crippen molar-refractivity contribution in [2.45, 2.75) is 91.9 Å². The summed E-state index contributed by atoms with van der Waals surface area (Å²) >= 11 is 0. The zero-order valence-electron chi connectivity index (χ0n) is 21.8. The largest absolute Gasteiger partial charge is 0.488 e. The zero-order valence-corrected chi connectivity index (χ0v) is 21.8. The average molecular weight is 466 g/mol. The Labute approximate surface area is 203 Å². The highest BCUT2D eigenvalue weighted by molar-refractivity contribution is 5.87. The maximum absolute atomic E-state index is 12.0. The summed E-state index contributed by atoms with van der Waals surface area (Å²) in [4.78, 5) is 12.0. The van der Waals surface area contributed by atoms with E-state index in [2.05, 4.69) is 43.3 Å². The van der Waals surface area contributed by atoms with Crippen LogP contribution in [0.4, 0.5) is 0 Å². The van der Waals surface area contributed by atoms with Crippen LogP contribution in [0.1, 0.15) is 73.3 Å². The van der Waals surface area contributed by atoms with E-state index in [0.717, 1.165) is 54.0 Å². The van der Waals surface area contributed by atoms with Gasteiger partial charge in [0.15, 0.2) is 5.76 Å². The molecular formula is C29H39NO4. The Morgan fingerprint density at radius 1 is 1.09 bits per heavy atom. The first-order valence-corrected chi connectivity index (χ1v) is 12.2. The van der Waals surface area contributed by atoms with Crippen LogP contribution >= 0.6 is 0 Å². The van der Waals surface area contributed by atoms with Crippen LogP contribution in [-0.4, -0.2) is 21.7 Å². The number of furan rings is 1. The number of aryl methyl sites for hydroxylation is 2. The van der Waals surface area contributed by atoms with E-state index in [1.54, 1.807) is 6.92 Å². The molecule has 0 aliphatic carbocycles. The van der Waals surface area contributed by atoms with Crippen molar-refractivity contribution < 1.29 is 18.7 Å². The molecule has 0 aliphatic rings. The molecule has 2 heterocycles. The molecule has 0 bridgehead atoms. The number of benzene rings is 1. The second-order valence-corrected chi connectivity index (χ2v) is 10.4. The Morgan fingerprint density at radius 3 is 2.47 bits per heavy atom. The third kappa shape index (κ3) is 6.34. The van der Waals surface area contributed by atoms with Gasteiger partial charge in [-0.25, -0.2) is 4.79 Å². The fraction of sp³-hybridized carbons (Fsp3) is 0.483. The predicted molar refractivity (Wildman–Crippen MR) is 138 cm³/mol. The molecule has 0 fully saturated rings. The maximum Gasteiger partial charge on any atom is 0.333 e. The van der Waals surface area contributed by atoms with E-state index < -0.39 is 11.2 Å². The molecular weight excluding hydrogens is 426 g/mol. The minimum atomic E-state index is -0.692. The lowest BCUT2D eigenvalue weighted by Crippen LogP contribution is -2.40. The number of rotatable bonds is 11. The van der Waals surface area contributed by atoms with Crippen LogP contribution in [0, 0.1) is 0 Å². The van der Waals surface area contributed by atoms with Crippen molar-refractivity contribution in [3.63, 3.8) is 0 Å². The Balaban J connectivity index is 1.81. The van der Waals surface area contributed by atoms with Crippen LogP contribution in [0.25, 0.3) is 22.4 Å². The maximum atomic E-state index is 12.0. The number of aromatic nitrogens is 1. The normalized spacial score (nSPS) is 12.2. The molecule has 0 unspecified atom stereocenters. The lowest BCUT2D eigenvalue weighted by Gasteiger charge is -2.35. The molecule has 5 heteroatoms. The summed E-state index contributed by atoms with van der Waals surface area (Å²) in [7, 11) is 0. The Kier molecular flexibility index (Phi) is 7.64. The molecule has 0 N–H and O–H groups in total. The third-order valence-corrected chi connectivity index (χ3v) is 5.82. The van der Waals surface area contributed by atoms with E-state index in [0.29, 0.717) is 12.0 Å².